The van der Waals surface area contributed by atoms with Gasteiger partial charge in [-0.3, -0.25) is 10.1 Å². The summed E-state index contributed by atoms with van der Waals surface area (Å²) in [6, 6.07) is 2.73. The van der Waals surface area contributed by atoms with Crippen LogP contribution in [-0.4, -0.2) is 33.6 Å². The number of aromatic nitrogens is 4. The van der Waals surface area contributed by atoms with Crippen molar-refractivity contribution in [2.45, 2.75) is 0 Å². The van der Waals surface area contributed by atoms with Crippen molar-refractivity contribution >= 4 is 44.9 Å². The summed E-state index contributed by atoms with van der Waals surface area (Å²) < 4.78 is 19.1. The molecule has 2 heterocycles. The van der Waals surface area contributed by atoms with E-state index in [0.29, 0.717) is 10.1 Å². The summed E-state index contributed by atoms with van der Waals surface area (Å²) in [6.45, 7) is 0. The summed E-state index contributed by atoms with van der Waals surface area (Å²) in [5.41, 5.74) is 0. The molecule has 0 aliphatic heterocycles. The van der Waals surface area contributed by atoms with Crippen molar-refractivity contribution in [2.24, 2.45) is 0 Å². The van der Waals surface area contributed by atoms with Crippen LogP contribution in [-0.2, 0) is 0 Å². The molecule has 108 valence electrons. The molecule has 7 nitrogen and oxygen atoms in total. The molecule has 3 aromatic rings. The first-order valence-electron chi connectivity index (χ1n) is 5.60. The Morgan fingerprint density at radius 2 is 2.33 bits per heavy atom. The highest BCUT2D eigenvalue weighted by Crippen LogP contribution is 2.38. The van der Waals surface area contributed by atoms with E-state index in [1.54, 1.807) is 0 Å². The van der Waals surface area contributed by atoms with Crippen molar-refractivity contribution in [1.82, 2.24) is 20.6 Å². The van der Waals surface area contributed by atoms with Gasteiger partial charge in [-0.1, -0.05) is 16.7 Å². The van der Waals surface area contributed by atoms with E-state index in [0.717, 1.165) is 11.3 Å². The fourth-order valence-corrected chi connectivity index (χ4v) is 3.15. The van der Waals surface area contributed by atoms with E-state index in [2.05, 4.69) is 25.9 Å². The molecule has 0 aliphatic carbocycles. The van der Waals surface area contributed by atoms with E-state index >= 15 is 0 Å². The zero-order chi connectivity index (χ0) is 15.0. The maximum absolute atomic E-state index is 13.7. The van der Waals surface area contributed by atoms with Gasteiger partial charge in [-0.25, -0.2) is 4.39 Å². The number of fused-ring (bicyclic) bond motifs is 1. The number of rotatable bonds is 3. The molecule has 2 N–H and O–H groups in total. The summed E-state index contributed by atoms with van der Waals surface area (Å²) in [7, 11) is 1.36. The average molecular weight is 328 g/mol. The van der Waals surface area contributed by atoms with E-state index < -0.39 is 11.7 Å². The van der Waals surface area contributed by atoms with E-state index in [1.807, 2.05) is 0 Å². The predicted molar refractivity (Wildman–Crippen MR) is 75.5 cm³/mol. The largest absolute Gasteiger partial charge is 0.494 e. The molecule has 1 amide bonds. The van der Waals surface area contributed by atoms with Crippen molar-refractivity contribution in [3.05, 3.63) is 27.8 Å². The number of ether oxygens (including phenoxy) is 1. The van der Waals surface area contributed by atoms with Gasteiger partial charge in [0, 0.05) is 10.1 Å². The minimum absolute atomic E-state index is 0.0253. The number of carbonyl (C=O) groups excluding carboxylic acids is 1. The van der Waals surface area contributed by atoms with Gasteiger partial charge in [0.2, 0.25) is 0 Å². The van der Waals surface area contributed by atoms with Crippen LogP contribution in [0, 0.1) is 5.82 Å². The smallest absolute Gasteiger partial charge is 0.270 e. The zero-order valence-electron chi connectivity index (χ0n) is 10.5. The number of H-pyrrole nitrogens is 1. The second-order valence-corrected chi connectivity index (χ2v) is 5.35. The number of nitrogens with one attached hydrogen (secondary N) is 2. The molecule has 0 aliphatic rings. The number of tetrazole rings is 1. The van der Waals surface area contributed by atoms with Crippen LogP contribution in [0.3, 0.4) is 0 Å². The lowest BCUT2D eigenvalue weighted by molar-refractivity contribution is 0.103. The van der Waals surface area contributed by atoms with Crippen LogP contribution < -0.4 is 10.1 Å². The standard InChI is InChI=1S/C11H7ClFN5O2S/c1-20-6-2-4-7(3-5(6)13)21-9(8(4)12)10(19)14-11-15-17-18-16-11/h2-3H,1H3,(H2,14,15,16,17,18,19). The van der Waals surface area contributed by atoms with E-state index in [9.17, 15) is 9.18 Å². The highest BCUT2D eigenvalue weighted by atomic mass is 35.5. The van der Waals surface area contributed by atoms with Crippen molar-refractivity contribution in [3.63, 3.8) is 0 Å². The molecule has 0 saturated heterocycles. The van der Waals surface area contributed by atoms with Gasteiger partial charge in [0.05, 0.1) is 12.1 Å². The Bertz CT molecular complexity index is 820. The molecule has 1 aromatic carbocycles. The minimum Gasteiger partial charge on any atom is -0.494 e. The van der Waals surface area contributed by atoms with Crippen molar-refractivity contribution in [2.75, 3.05) is 12.4 Å². The SMILES string of the molecule is COc1cc2c(Cl)c(C(=O)Nc3nn[nH]n3)sc2cc1F. The van der Waals surface area contributed by atoms with Gasteiger partial charge in [0.15, 0.2) is 11.6 Å². The van der Waals surface area contributed by atoms with E-state index in [4.69, 9.17) is 16.3 Å². The number of carbonyl (C=O) groups is 1. The van der Waals surface area contributed by atoms with Crippen LogP contribution in [0.25, 0.3) is 10.1 Å². The molecule has 0 bridgehead atoms. The third kappa shape index (κ3) is 2.41. The first kappa shape index (κ1) is 13.7. The maximum Gasteiger partial charge on any atom is 0.270 e. The third-order valence-corrected chi connectivity index (χ3v) is 4.33. The maximum atomic E-state index is 13.7. The second-order valence-electron chi connectivity index (χ2n) is 3.92. The number of hydrogen-bond acceptors (Lipinski definition) is 6. The van der Waals surface area contributed by atoms with Gasteiger partial charge in [-0.2, -0.15) is 5.21 Å². The van der Waals surface area contributed by atoms with Gasteiger partial charge >= 0.3 is 0 Å². The Labute approximate surface area is 126 Å². The number of methoxy groups -OCH3 is 1. The zero-order valence-corrected chi connectivity index (χ0v) is 12.0. The molecule has 0 atom stereocenters. The van der Waals surface area contributed by atoms with Crippen molar-refractivity contribution < 1.29 is 13.9 Å². The lowest BCUT2D eigenvalue weighted by Crippen LogP contribution is -2.11. The molecular weight excluding hydrogens is 321 g/mol. The topological polar surface area (TPSA) is 92.8 Å². The van der Waals surface area contributed by atoms with Crippen molar-refractivity contribution in [1.29, 1.82) is 0 Å². The lowest BCUT2D eigenvalue weighted by Gasteiger charge is -2.01. The molecule has 0 spiro atoms. The molecule has 0 unspecified atom stereocenters. The minimum atomic E-state index is -0.520. The van der Waals surface area contributed by atoms with Gasteiger partial charge in [0.1, 0.15) is 4.88 Å². The van der Waals surface area contributed by atoms with E-state index in [1.165, 1.54) is 19.2 Å². The van der Waals surface area contributed by atoms with E-state index in [-0.39, 0.29) is 21.6 Å². The Morgan fingerprint density at radius 1 is 1.52 bits per heavy atom. The number of hydrogen-bond donors (Lipinski definition) is 2. The Hall–Kier alpha value is -2.26. The van der Waals surface area contributed by atoms with Gasteiger partial charge in [-0.05, 0) is 17.3 Å². The fraction of sp³-hybridized carbons (Fsp3) is 0.0909. The fourth-order valence-electron chi connectivity index (χ4n) is 1.74. The Kier molecular flexibility index (Phi) is 3.43. The van der Waals surface area contributed by atoms with Crippen LogP contribution in [0.15, 0.2) is 12.1 Å². The normalized spacial score (nSPS) is 10.8. The van der Waals surface area contributed by atoms with Crippen molar-refractivity contribution in [3.8, 4) is 5.75 Å². The molecule has 21 heavy (non-hydrogen) atoms. The molecule has 0 radical (unpaired) electrons. The number of anilines is 1. The monoisotopic (exact) mass is 327 g/mol. The molecule has 10 heteroatoms. The summed E-state index contributed by atoms with van der Waals surface area (Å²) >= 11 is 7.24. The average Bonchev–Trinajstić information content (AvgIpc) is 3.06. The number of benzene rings is 1. The summed E-state index contributed by atoms with van der Waals surface area (Å²) in [4.78, 5) is 12.3. The van der Waals surface area contributed by atoms with Crippen LogP contribution in [0.2, 0.25) is 5.02 Å². The highest BCUT2D eigenvalue weighted by Gasteiger charge is 2.20. The number of amides is 1. The second kappa shape index (κ2) is 5.26. The quantitative estimate of drug-likeness (QED) is 0.771. The van der Waals surface area contributed by atoms with Crippen LogP contribution >= 0.6 is 22.9 Å². The molecular formula is C11H7ClFN5O2S. The highest BCUT2D eigenvalue weighted by molar-refractivity contribution is 7.21. The summed E-state index contributed by atoms with van der Waals surface area (Å²) in [5.74, 6) is -0.931. The van der Waals surface area contributed by atoms with Crippen LogP contribution in [0.1, 0.15) is 9.67 Å². The lowest BCUT2D eigenvalue weighted by atomic mass is 10.2. The number of halogens is 2. The summed E-state index contributed by atoms with van der Waals surface area (Å²) in [5, 5.41) is 15.9. The molecule has 2 aromatic heterocycles. The molecule has 3 rings (SSSR count). The summed E-state index contributed by atoms with van der Waals surface area (Å²) in [6.07, 6.45) is 0. The van der Waals surface area contributed by atoms with Gasteiger partial charge in [-0.15, -0.1) is 16.4 Å². The number of aromatic amines is 1. The van der Waals surface area contributed by atoms with Gasteiger partial charge in [0.25, 0.3) is 11.9 Å². The van der Waals surface area contributed by atoms with Crippen LogP contribution in [0.5, 0.6) is 5.75 Å². The predicted octanol–water partition coefficient (Wildman–Crippen LogP) is 2.47. The Balaban J connectivity index is 2.03. The van der Waals surface area contributed by atoms with Crippen LogP contribution in [0.4, 0.5) is 10.3 Å². The first-order chi connectivity index (χ1) is 10.1. The first-order valence-corrected chi connectivity index (χ1v) is 6.80. The molecule has 0 saturated carbocycles. The molecule has 0 fully saturated rings. The Morgan fingerprint density at radius 3 is 3.00 bits per heavy atom. The van der Waals surface area contributed by atoms with Gasteiger partial charge < -0.3 is 4.74 Å². The third-order valence-electron chi connectivity index (χ3n) is 2.68. The number of nitrogens with zero attached hydrogens (tertiary/aromatic N) is 3. The number of thiophene rings is 1.